The Hall–Kier alpha value is -0.150. The van der Waals surface area contributed by atoms with Crippen molar-refractivity contribution < 1.29 is 4.79 Å². The largest absolute Gasteiger partial charge is 0.303 e. The van der Waals surface area contributed by atoms with Gasteiger partial charge in [-0.05, 0) is 46.6 Å². The second-order valence-electron chi connectivity index (χ2n) is 3.35. The molecule has 2 rings (SSSR count). The van der Waals surface area contributed by atoms with Crippen LogP contribution in [0.2, 0.25) is 0 Å². The molecule has 12 heavy (non-hydrogen) atoms. The number of halogens is 1. The summed E-state index contributed by atoms with van der Waals surface area (Å²) in [6.45, 7) is 0. The van der Waals surface area contributed by atoms with E-state index < -0.39 is 0 Å². The highest BCUT2D eigenvalue weighted by Crippen LogP contribution is 2.47. The van der Waals surface area contributed by atoms with Gasteiger partial charge in [-0.3, -0.25) is 0 Å². The molecule has 0 N–H and O–H groups in total. The second-order valence-corrected chi connectivity index (χ2v) is 5.20. The van der Waals surface area contributed by atoms with E-state index in [1.807, 2.05) is 6.07 Å². The fourth-order valence-corrected chi connectivity index (χ4v) is 2.92. The Kier molecular flexibility index (Phi) is 2.09. The van der Waals surface area contributed by atoms with Crippen LogP contribution in [0.15, 0.2) is 15.9 Å². The van der Waals surface area contributed by atoms with Gasteiger partial charge in [-0.25, -0.2) is 0 Å². The number of thiophene rings is 1. The summed E-state index contributed by atoms with van der Waals surface area (Å²) in [5.74, 6) is 0. The van der Waals surface area contributed by atoms with Gasteiger partial charge in [0.05, 0.1) is 0 Å². The first kappa shape index (κ1) is 8.45. The fourth-order valence-electron chi connectivity index (χ4n) is 1.27. The minimum Gasteiger partial charge on any atom is -0.303 e. The number of hydrogen-bond donors (Lipinski definition) is 0. The SMILES string of the molecule is O=CC1(Cc2sccc2Br)CC1. The summed E-state index contributed by atoms with van der Waals surface area (Å²) in [4.78, 5) is 12.0. The zero-order valence-corrected chi connectivity index (χ0v) is 8.95. The van der Waals surface area contributed by atoms with Gasteiger partial charge in [-0.1, -0.05) is 0 Å². The molecule has 0 aliphatic heterocycles. The number of hydrogen-bond acceptors (Lipinski definition) is 2. The predicted molar refractivity (Wildman–Crippen MR) is 53.5 cm³/mol. The smallest absolute Gasteiger partial charge is 0.126 e. The molecule has 1 fully saturated rings. The number of aldehydes is 1. The first-order valence-electron chi connectivity index (χ1n) is 3.94. The van der Waals surface area contributed by atoms with E-state index in [9.17, 15) is 4.79 Å². The molecule has 0 spiro atoms. The van der Waals surface area contributed by atoms with Gasteiger partial charge >= 0.3 is 0 Å². The van der Waals surface area contributed by atoms with Crippen molar-refractivity contribution in [1.29, 1.82) is 0 Å². The Morgan fingerprint density at radius 3 is 2.83 bits per heavy atom. The summed E-state index contributed by atoms with van der Waals surface area (Å²) < 4.78 is 1.15. The van der Waals surface area contributed by atoms with Crippen LogP contribution >= 0.6 is 27.3 Å². The molecule has 3 heteroatoms. The van der Waals surface area contributed by atoms with Gasteiger partial charge in [-0.2, -0.15) is 0 Å². The molecule has 1 aromatic heterocycles. The lowest BCUT2D eigenvalue weighted by atomic mass is 10.0. The number of carbonyl (C=O) groups excluding carboxylic acids is 1. The Balaban J connectivity index is 2.13. The first-order chi connectivity index (χ1) is 5.76. The summed E-state index contributed by atoms with van der Waals surface area (Å²) in [7, 11) is 0. The Bertz CT molecular complexity index is 301. The number of carbonyl (C=O) groups is 1. The quantitative estimate of drug-likeness (QED) is 0.748. The molecule has 64 valence electrons. The van der Waals surface area contributed by atoms with E-state index in [1.165, 1.54) is 4.88 Å². The molecule has 1 heterocycles. The zero-order valence-electron chi connectivity index (χ0n) is 6.55. The average Bonchev–Trinajstić information content (AvgIpc) is 2.74. The van der Waals surface area contributed by atoms with E-state index in [1.54, 1.807) is 11.3 Å². The molecule has 1 aliphatic carbocycles. The average molecular weight is 245 g/mol. The van der Waals surface area contributed by atoms with Gasteiger partial charge in [0.2, 0.25) is 0 Å². The summed E-state index contributed by atoms with van der Waals surface area (Å²) in [5.41, 5.74) is 0.00731. The van der Waals surface area contributed by atoms with E-state index >= 15 is 0 Å². The molecule has 0 bridgehead atoms. The van der Waals surface area contributed by atoms with Crippen molar-refractivity contribution in [3.63, 3.8) is 0 Å². The minimum absolute atomic E-state index is 0.00731. The molecule has 0 aromatic carbocycles. The number of rotatable bonds is 3. The van der Waals surface area contributed by atoms with Crippen LogP contribution in [0, 0.1) is 5.41 Å². The van der Waals surface area contributed by atoms with Crippen molar-refractivity contribution in [2.75, 3.05) is 0 Å². The summed E-state index contributed by atoms with van der Waals surface area (Å²) in [6.07, 6.45) is 4.19. The minimum atomic E-state index is 0.00731. The lowest BCUT2D eigenvalue weighted by Gasteiger charge is -2.03. The first-order valence-corrected chi connectivity index (χ1v) is 5.61. The van der Waals surface area contributed by atoms with Crippen LogP contribution in [0.3, 0.4) is 0 Å². The van der Waals surface area contributed by atoms with Gasteiger partial charge in [0.1, 0.15) is 6.29 Å². The van der Waals surface area contributed by atoms with Gasteiger partial charge in [-0.15, -0.1) is 11.3 Å². The Morgan fingerprint density at radius 2 is 2.42 bits per heavy atom. The normalized spacial score (nSPS) is 19.1. The standard InChI is InChI=1S/C9H9BrOS/c10-7-1-4-12-8(7)5-9(6-11)2-3-9/h1,4,6H,2-3,5H2. The lowest BCUT2D eigenvalue weighted by Crippen LogP contribution is -2.04. The molecule has 0 unspecified atom stereocenters. The van der Waals surface area contributed by atoms with Gasteiger partial charge in [0.15, 0.2) is 0 Å². The molecule has 0 amide bonds. The highest BCUT2D eigenvalue weighted by Gasteiger charge is 2.42. The molecular formula is C9H9BrOS. The second kappa shape index (κ2) is 2.96. The highest BCUT2D eigenvalue weighted by molar-refractivity contribution is 9.10. The maximum atomic E-state index is 10.7. The van der Waals surface area contributed by atoms with Crippen LogP contribution in [0.25, 0.3) is 0 Å². The maximum Gasteiger partial charge on any atom is 0.126 e. The molecule has 0 saturated heterocycles. The third kappa shape index (κ3) is 1.48. The van der Waals surface area contributed by atoms with Crippen LogP contribution in [-0.2, 0) is 11.2 Å². The summed E-state index contributed by atoms with van der Waals surface area (Å²) in [6, 6.07) is 2.04. The van der Waals surface area contributed by atoms with Crippen LogP contribution < -0.4 is 0 Å². The highest BCUT2D eigenvalue weighted by atomic mass is 79.9. The molecule has 1 aromatic rings. The summed E-state index contributed by atoms with van der Waals surface area (Å²) in [5, 5.41) is 2.06. The zero-order chi connectivity index (χ0) is 8.60. The monoisotopic (exact) mass is 244 g/mol. The van der Waals surface area contributed by atoms with Crippen LogP contribution in [0.5, 0.6) is 0 Å². The van der Waals surface area contributed by atoms with Crippen molar-refractivity contribution >= 4 is 33.6 Å². The molecule has 0 atom stereocenters. The Labute approximate surface area is 83.9 Å². The third-order valence-electron chi connectivity index (χ3n) is 2.35. The molecule has 1 saturated carbocycles. The van der Waals surface area contributed by atoms with Gasteiger partial charge in [0, 0.05) is 14.8 Å². The molecule has 1 aliphatic rings. The van der Waals surface area contributed by atoms with Crippen LogP contribution in [-0.4, -0.2) is 6.29 Å². The van der Waals surface area contributed by atoms with E-state index in [4.69, 9.17) is 0 Å². The summed E-state index contributed by atoms with van der Waals surface area (Å²) >= 11 is 5.20. The van der Waals surface area contributed by atoms with Gasteiger partial charge < -0.3 is 4.79 Å². The molecule has 1 nitrogen and oxygen atoms in total. The van der Waals surface area contributed by atoms with E-state index in [0.29, 0.717) is 0 Å². The predicted octanol–water partition coefficient (Wildman–Crippen LogP) is 3.03. The molecule has 0 radical (unpaired) electrons. The van der Waals surface area contributed by atoms with E-state index in [-0.39, 0.29) is 5.41 Å². The third-order valence-corrected chi connectivity index (χ3v) is 4.27. The lowest BCUT2D eigenvalue weighted by molar-refractivity contribution is -0.112. The van der Waals surface area contributed by atoms with Crippen molar-refractivity contribution in [1.82, 2.24) is 0 Å². The van der Waals surface area contributed by atoms with Crippen molar-refractivity contribution in [3.8, 4) is 0 Å². The van der Waals surface area contributed by atoms with Gasteiger partial charge in [0.25, 0.3) is 0 Å². The van der Waals surface area contributed by atoms with Crippen LogP contribution in [0.1, 0.15) is 17.7 Å². The van der Waals surface area contributed by atoms with Crippen molar-refractivity contribution in [2.45, 2.75) is 19.3 Å². The Morgan fingerprint density at radius 1 is 1.67 bits per heavy atom. The van der Waals surface area contributed by atoms with E-state index in [0.717, 1.165) is 30.0 Å². The van der Waals surface area contributed by atoms with Crippen LogP contribution in [0.4, 0.5) is 0 Å². The topological polar surface area (TPSA) is 17.1 Å². The van der Waals surface area contributed by atoms with E-state index in [2.05, 4.69) is 21.3 Å². The van der Waals surface area contributed by atoms with Crippen molar-refractivity contribution in [2.24, 2.45) is 5.41 Å². The maximum absolute atomic E-state index is 10.7. The molecular weight excluding hydrogens is 236 g/mol. The fraction of sp³-hybridized carbons (Fsp3) is 0.444. The van der Waals surface area contributed by atoms with Crippen molar-refractivity contribution in [3.05, 3.63) is 20.8 Å².